The van der Waals surface area contributed by atoms with Crippen LogP contribution in [0.3, 0.4) is 0 Å². The molecule has 1 aliphatic heterocycles. The van der Waals surface area contributed by atoms with Crippen molar-refractivity contribution in [3.8, 4) is 17.0 Å². The fraction of sp³-hybridized carbons (Fsp3) is 0.522. The van der Waals surface area contributed by atoms with Crippen LogP contribution in [0.4, 0.5) is 13.9 Å². The van der Waals surface area contributed by atoms with Gasteiger partial charge in [0.15, 0.2) is 23.3 Å². The van der Waals surface area contributed by atoms with Crippen molar-refractivity contribution in [3.63, 3.8) is 0 Å². The van der Waals surface area contributed by atoms with Crippen LogP contribution in [0.5, 0.6) is 5.75 Å². The molecule has 8 nitrogen and oxygen atoms in total. The van der Waals surface area contributed by atoms with Crippen LogP contribution in [0.25, 0.3) is 11.3 Å². The van der Waals surface area contributed by atoms with Gasteiger partial charge in [-0.2, -0.15) is 4.39 Å². The number of carbonyl (C=O) groups excluding carboxylic acids is 2. The van der Waals surface area contributed by atoms with Crippen LogP contribution in [-0.2, 0) is 14.3 Å². The van der Waals surface area contributed by atoms with Crippen molar-refractivity contribution in [1.82, 2.24) is 15.6 Å². The molecule has 2 aromatic rings. The predicted molar refractivity (Wildman–Crippen MR) is 126 cm³/mol. The minimum atomic E-state index is -1.15. The zero-order chi connectivity index (χ0) is 24.3. The van der Waals surface area contributed by atoms with Gasteiger partial charge in [-0.3, -0.25) is 9.59 Å². The predicted octanol–water partition coefficient (Wildman–Crippen LogP) is 3.12. The second kappa shape index (κ2) is 13.2. The molecule has 0 spiro atoms. The van der Waals surface area contributed by atoms with Gasteiger partial charge in [0.05, 0.1) is 18.9 Å². The molecular formula is C23H30F2N4O4S. The van der Waals surface area contributed by atoms with Crippen LogP contribution >= 0.6 is 11.3 Å². The van der Waals surface area contributed by atoms with E-state index >= 15 is 0 Å². The summed E-state index contributed by atoms with van der Waals surface area (Å²) in [4.78, 5) is 29.6. The highest BCUT2D eigenvalue weighted by molar-refractivity contribution is 7.14. The highest BCUT2D eigenvalue weighted by Gasteiger charge is 2.21. The van der Waals surface area contributed by atoms with Crippen LogP contribution in [0.1, 0.15) is 32.6 Å². The molecule has 1 aromatic heterocycles. The Balaban J connectivity index is 1.51. The van der Waals surface area contributed by atoms with Gasteiger partial charge in [0.25, 0.3) is 5.91 Å². The Hall–Kier alpha value is -2.79. The van der Waals surface area contributed by atoms with Crippen molar-refractivity contribution in [1.29, 1.82) is 0 Å². The van der Waals surface area contributed by atoms with Crippen LogP contribution < -0.4 is 20.3 Å². The molecule has 34 heavy (non-hydrogen) atoms. The molecule has 0 radical (unpaired) electrons. The summed E-state index contributed by atoms with van der Waals surface area (Å²) >= 11 is 1.40. The molecule has 0 saturated carbocycles. The topological polar surface area (TPSA) is 92.8 Å². The summed E-state index contributed by atoms with van der Waals surface area (Å²) < 4.78 is 39.2. The number of amides is 2. The number of nitrogens with one attached hydrogen (secondary N) is 2. The minimum Gasteiger partial charge on any atom is -0.480 e. The molecule has 2 heterocycles. The Bertz CT molecular complexity index is 966. The average Bonchev–Trinajstić information content (AvgIpc) is 3.32. The van der Waals surface area contributed by atoms with E-state index in [1.807, 2.05) is 0 Å². The summed E-state index contributed by atoms with van der Waals surface area (Å²) in [5, 5.41) is 7.98. The van der Waals surface area contributed by atoms with Gasteiger partial charge in [-0.25, -0.2) is 9.37 Å². The SMILES string of the molecule is CC(=O)NCCCCCCNC(=O)COc1c(-c2csc(N3CCOCC3)n2)ccc(F)c1F. The standard InChI is InChI=1S/C23H30F2N4O4S/c1-16(30)26-8-4-2-3-5-9-27-20(31)14-33-22-17(6-7-18(24)21(22)25)19-15-34-23(28-19)29-10-12-32-13-11-29/h6-7,15H,2-5,8-14H2,1H3,(H,26,30)(H,27,31). The molecule has 0 atom stereocenters. The summed E-state index contributed by atoms with van der Waals surface area (Å²) in [6, 6.07) is 2.43. The highest BCUT2D eigenvalue weighted by Crippen LogP contribution is 2.36. The van der Waals surface area contributed by atoms with Gasteiger partial charge in [0, 0.05) is 44.0 Å². The van der Waals surface area contributed by atoms with Gasteiger partial charge < -0.3 is 25.0 Å². The molecule has 186 valence electrons. The Kier molecular flexibility index (Phi) is 10.0. The smallest absolute Gasteiger partial charge is 0.257 e. The van der Waals surface area contributed by atoms with E-state index in [1.54, 1.807) is 5.38 Å². The molecule has 3 rings (SSSR count). The molecule has 1 fully saturated rings. The maximum Gasteiger partial charge on any atom is 0.257 e. The van der Waals surface area contributed by atoms with Gasteiger partial charge in [0.2, 0.25) is 11.7 Å². The molecule has 1 saturated heterocycles. The van der Waals surface area contributed by atoms with Gasteiger partial charge in [0.1, 0.15) is 0 Å². The molecule has 2 amide bonds. The maximum atomic E-state index is 14.6. The number of anilines is 1. The van der Waals surface area contributed by atoms with Crippen LogP contribution in [0, 0.1) is 11.6 Å². The molecule has 1 aromatic carbocycles. The number of morpholine rings is 1. The number of rotatable bonds is 12. The molecule has 0 aliphatic carbocycles. The molecule has 2 N–H and O–H groups in total. The minimum absolute atomic E-state index is 0.0440. The monoisotopic (exact) mass is 496 g/mol. The van der Waals surface area contributed by atoms with Crippen LogP contribution in [0.2, 0.25) is 0 Å². The average molecular weight is 497 g/mol. The van der Waals surface area contributed by atoms with E-state index in [9.17, 15) is 18.4 Å². The first-order chi connectivity index (χ1) is 16.5. The Labute approximate surface area is 201 Å². The number of ether oxygens (including phenoxy) is 2. The summed E-state index contributed by atoms with van der Waals surface area (Å²) in [5.41, 5.74) is 0.752. The molecule has 0 bridgehead atoms. The number of halogens is 2. The van der Waals surface area contributed by atoms with Crippen molar-refractivity contribution in [2.24, 2.45) is 0 Å². The summed E-state index contributed by atoms with van der Waals surface area (Å²) in [6.45, 7) is 4.79. The van der Waals surface area contributed by atoms with Gasteiger partial charge in [-0.05, 0) is 25.0 Å². The number of carbonyl (C=O) groups is 2. The number of aromatic nitrogens is 1. The van der Waals surface area contributed by atoms with Crippen molar-refractivity contribution in [2.45, 2.75) is 32.6 Å². The zero-order valence-electron chi connectivity index (χ0n) is 19.2. The fourth-order valence-corrected chi connectivity index (χ4v) is 4.33. The third kappa shape index (κ3) is 7.63. The number of benzene rings is 1. The Morgan fingerprint density at radius 2 is 1.82 bits per heavy atom. The number of hydrogen-bond donors (Lipinski definition) is 2. The third-order valence-corrected chi connectivity index (χ3v) is 6.15. The first-order valence-corrected chi connectivity index (χ1v) is 12.2. The lowest BCUT2D eigenvalue weighted by Gasteiger charge is -2.26. The van der Waals surface area contributed by atoms with E-state index in [0.717, 1.165) is 36.9 Å². The largest absolute Gasteiger partial charge is 0.480 e. The first-order valence-electron chi connectivity index (χ1n) is 11.4. The lowest BCUT2D eigenvalue weighted by molar-refractivity contribution is -0.123. The van der Waals surface area contributed by atoms with Crippen LogP contribution in [-0.4, -0.2) is 62.8 Å². The fourth-order valence-electron chi connectivity index (χ4n) is 3.45. The van der Waals surface area contributed by atoms with Gasteiger partial charge in [-0.15, -0.1) is 11.3 Å². The molecule has 1 aliphatic rings. The van der Waals surface area contributed by atoms with Crippen molar-refractivity contribution in [3.05, 3.63) is 29.1 Å². The quantitative estimate of drug-likeness (QED) is 0.439. The second-order valence-corrected chi connectivity index (χ2v) is 8.73. The third-order valence-electron chi connectivity index (χ3n) is 5.25. The van der Waals surface area contributed by atoms with E-state index in [2.05, 4.69) is 20.5 Å². The summed E-state index contributed by atoms with van der Waals surface area (Å²) in [6.07, 6.45) is 3.49. The van der Waals surface area contributed by atoms with Gasteiger partial charge in [-0.1, -0.05) is 12.8 Å². The van der Waals surface area contributed by atoms with Gasteiger partial charge >= 0.3 is 0 Å². The lowest BCUT2D eigenvalue weighted by atomic mass is 10.1. The van der Waals surface area contributed by atoms with E-state index in [1.165, 1.54) is 24.3 Å². The number of hydrogen-bond acceptors (Lipinski definition) is 7. The number of unbranched alkanes of at least 4 members (excludes halogenated alkanes) is 3. The lowest BCUT2D eigenvalue weighted by Crippen LogP contribution is -2.36. The summed E-state index contributed by atoms with van der Waals surface area (Å²) in [5.74, 6) is -2.99. The zero-order valence-corrected chi connectivity index (χ0v) is 20.0. The Morgan fingerprint density at radius 3 is 2.53 bits per heavy atom. The maximum absolute atomic E-state index is 14.6. The second-order valence-electron chi connectivity index (χ2n) is 7.89. The molecule has 11 heteroatoms. The Morgan fingerprint density at radius 1 is 1.12 bits per heavy atom. The van der Waals surface area contributed by atoms with E-state index in [-0.39, 0.29) is 11.7 Å². The van der Waals surface area contributed by atoms with E-state index < -0.39 is 24.1 Å². The van der Waals surface area contributed by atoms with Crippen molar-refractivity contribution in [2.75, 3.05) is 50.9 Å². The number of thiazole rings is 1. The summed E-state index contributed by atoms with van der Waals surface area (Å²) in [7, 11) is 0. The normalized spacial score (nSPS) is 13.6. The van der Waals surface area contributed by atoms with Crippen molar-refractivity contribution >= 4 is 28.3 Å². The van der Waals surface area contributed by atoms with E-state index in [0.29, 0.717) is 50.7 Å². The van der Waals surface area contributed by atoms with Crippen LogP contribution in [0.15, 0.2) is 17.5 Å². The highest BCUT2D eigenvalue weighted by atomic mass is 32.1. The van der Waals surface area contributed by atoms with Crippen molar-refractivity contribution < 1.29 is 27.8 Å². The van der Waals surface area contributed by atoms with E-state index in [4.69, 9.17) is 9.47 Å². The molecular weight excluding hydrogens is 466 g/mol. The number of nitrogens with zero attached hydrogens (tertiary/aromatic N) is 2. The first kappa shape index (κ1) is 25.8. The molecule has 0 unspecified atom stereocenters.